The molecule has 1 N–H and O–H groups in total. The Balaban J connectivity index is 3.21. The molecular weight excluding hydrogens is 173 g/mol. The van der Waals surface area contributed by atoms with E-state index in [1.807, 2.05) is 0 Å². The lowest BCUT2D eigenvalue weighted by atomic mass is 10.3. The zero-order chi connectivity index (χ0) is 7.98. The predicted octanol–water partition coefficient (Wildman–Crippen LogP) is 1.01. The number of hydrogen-bond acceptors (Lipinski definition) is 2. The van der Waals surface area contributed by atoms with Crippen LogP contribution >= 0.6 is 23.2 Å². The first-order valence-electron chi connectivity index (χ1n) is 3.09. The molecule has 0 heterocycles. The number of carbonyl (C=O) groups excluding carboxylic acids is 1. The van der Waals surface area contributed by atoms with Gasteiger partial charge in [0, 0.05) is 19.0 Å². The molecule has 0 aromatic carbocycles. The van der Waals surface area contributed by atoms with Crippen molar-refractivity contribution in [2.24, 2.45) is 0 Å². The SMILES string of the molecule is CC(=O)C(Cl)CNCCCl. The lowest BCUT2D eigenvalue weighted by molar-refractivity contribution is -0.116. The number of nitrogens with one attached hydrogen (secondary N) is 1. The van der Waals surface area contributed by atoms with Crippen LogP contribution in [0, 0.1) is 0 Å². The summed E-state index contributed by atoms with van der Waals surface area (Å²) >= 11 is 11.0. The van der Waals surface area contributed by atoms with Crippen molar-refractivity contribution in [1.29, 1.82) is 0 Å². The molecule has 0 aliphatic rings. The lowest BCUT2D eigenvalue weighted by Crippen LogP contribution is -2.29. The molecule has 0 saturated heterocycles. The van der Waals surface area contributed by atoms with E-state index < -0.39 is 5.38 Å². The van der Waals surface area contributed by atoms with Gasteiger partial charge in [-0.1, -0.05) is 0 Å². The van der Waals surface area contributed by atoms with Crippen LogP contribution in [0.5, 0.6) is 0 Å². The Hall–Kier alpha value is 0.210. The smallest absolute Gasteiger partial charge is 0.148 e. The molecule has 0 rings (SSSR count). The molecule has 0 aromatic rings. The van der Waals surface area contributed by atoms with Gasteiger partial charge in [-0.25, -0.2) is 0 Å². The number of carbonyl (C=O) groups is 1. The molecule has 0 aliphatic heterocycles. The van der Waals surface area contributed by atoms with E-state index in [-0.39, 0.29) is 5.78 Å². The van der Waals surface area contributed by atoms with Crippen molar-refractivity contribution in [1.82, 2.24) is 5.32 Å². The van der Waals surface area contributed by atoms with E-state index in [0.717, 1.165) is 0 Å². The summed E-state index contributed by atoms with van der Waals surface area (Å²) in [6, 6.07) is 0. The van der Waals surface area contributed by atoms with Crippen molar-refractivity contribution in [3.63, 3.8) is 0 Å². The van der Waals surface area contributed by atoms with E-state index in [9.17, 15) is 4.79 Å². The molecule has 1 atom stereocenters. The Morgan fingerprint density at radius 1 is 1.70 bits per heavy atom. The van der Waals surface area contributed by atoms with Crippen molar-refractivity contribution in [3.05, 3.63) is 0 Å². The van der Waals surface area contributed by atoms with Gasteiger partial charge in [-0.05, 0) is 6.92 Å². The summed E-state index contributed by atoms with van der Waals surface area (Å²) in [5.74, 6) is 0.533. The van der Waals surface area contributed by atoms with Crippen LogP contribution in [0.1, 0.15) is 6.92 Å². The molecular formula is C6H11Cl2NO. The van der Waals surface area contributed by atoms with Crippen LogP contribution in [0.4, 0.5) is 0 Å². The van der Waals surface area contributed by atoms with Crippen LogP contribution < -0.4 is 5.32 Å². The third-order valence-corrected chi connectivity index (χ3v) is 1.69. The third kappa shape index (κ3) is 5.03. The van der Waals surface area contributed by atoms with E-state index >= 15 is 0 Å². The second kappa shape index (κ2) is 5.96. The van der Waals surface area contributed by atoms with Crippen LogP contribution in [0.25, 0.3) is 0 Å². The molecule has 0 aromatic heterocycles. The Morgan fingerprint density at radius 3 is 2.70 bits per heavy atom. The highest BCUT2D eigenvalue weighted by molar-refractivity contribution is 6.31. The molecule has 0 fully saturated rings. The molecule has 60 valence electrons. The molecule has 10 heavy (non-hydrogen) atoms. The van der Waals surface area contributed by atoms with Crippen LogP contribution in [-0.2, 0) is 4.79 Å². The molecule has 0 bridgehead atoms. The minimum atomic E-state index is -0.414. The molecule has 0 spiro atoms. The molecule has 4 heteroatoms. The van der Waals surface area contributed by atoms with Crippen LogP contribution in [0.15, 0.2) is 0 Å². The normalized spacial score (nSPS) is 13.1. The van der Waals surface area contributed by atoms with E-state index in [1.165, 1.54) is 6.92 Å². The summed E-state index contributed by atoms with van der Waals surface area (Å²) in [7, 11) is 0. The maximum atomic E-state index is 10.5. The lowest BCUT2D eigenvalue weighted by Gasteiger charge is -2.04. The quantitative estimate of drug-likeness (QED) is 0.510. The van der Waals surface area contributed by atoms with Gasteiger partial charge >= 0.3 is 0 Å². The van der Waals surface area contributed by atoms with Crippen LogP contribution in [-0.4, -0.2) is 30.1 Å². The topological polar surface area (TPSA) is 29.1 Å². The zero-order valence-electron chi connectivity index (χ0n) is 5.86. The minimum Gasteiger partial charge on any atom is -0.314 e. The number of halogens is 2. The second-order valence-corrected chi connectivity index (χ2v) is 2.88. The zero-order valence-corrected chi connectivity index (χ0v) is 7.37. The summed E-state index contributed by atoms with van der Waals surface area (Å²) in [6.45, 7) is 2.67. The molecule has 2 nitrogen and oxygen atoms in total. The first kappa shape index (κ1) is 10.2. The van der Waals surface area contributed by atoms with Crippen LogP contribution in [0.3, 0.4) is 0 Å². The van der Waals surface area contributed by atoms with E-state index in [1.54, 1.807) is 0 Å². The average Bonchev–Trinajstić information content (AvgIpc) is 1.88. The fourth-order valence-electron chi connectivity index (χ4n) is 0.439. The number of alkyl halides is 2. The summed E-state index contributed by atoms with van der Waals surface area (Å²) in [4.78, 5) is 10.5. The van der Waals surface area contributed by atoms with Gasteiger partial charge in [0.25, 0.3) is 0 Å². The van der Waals surface area contributed by atoms with Crippen molar-refractivity contribution in [3.8, 4) is 0 Å². The van der Waals surface area contributed by atoms with Crippen molar-refractivity contribution < 1.29 is 4.79 Å². The summed E-state index contributed by atoms with van der Waals surface area (Å²) in [6.07, 6.45) is 0. The van der Waals surface area contributed by atoms with Gasteiger partial charge in [0.2, 0.25) is 0 Å². The summed E-state index contributed by atoms with van der Waals surface area (Å²) in [5.41, 5.74) is 0. The molecule has 0 radical (unpaired) electrons. The van der Waals surface area contributed by atoms with E-state index in [4.69, 9.17) is 23.2 Å². The van der Waals surface area contributed by atoms with Gasteiger partial charge < -0.3 is 5.32 Å². The van der Waals surface area contributed by atoms with Gasteiger partial charge in [-0.2, -0.15) is 0 Å². The van der Waals surface area contributed by atoms with Gasteiger partial charge in [-0.3, -0.25) is 4.79 Å². The number of rotatable bonds is 5. The Labute approximate surface area is 70.9 Å². The summed E-state index contributed by atoms with van der Waals surface area (Å²) in [5, 5.41) is 2.52. The fraction of sp³-hybridized carbons (Fsp3) is 0.833. The molecule has 1 unspecified atom stereocenters. The van der Waals surface area contributed by atoms with Gasteiger partial charge in [0.1, 0.15) is 11.2 Å². The van der Waals surface area contributed by atoms with E-state index in [2.05, 4.69) is 5.32 Å². The van der Waals surface area contributed by atoms with Crippen molar-refractivity contribution >= 4 is 29.0 Å². The Morgan fingerprint density at radius 2 is 2.30 bits per heavy atom. The number of Topliss-reactive ketones (excluding diaryl/α,β-unsaturated/α-hetero) is 1. The van der Waals surface area contributed by atoms with E-state index in [0.29, 0.717) is 19.0 Å². The Bertz CT molecular complexity index is 108. The van der Waals surface area contributed by atoms with Gasteiger partial charge in [0.15, 0.2) is 0 Å². The first-order chi connectivity index (χ1) is 4.68. The fourth-order valence-corrected chi connectivity index (χ4v) is 0.682. The van der Waals surface area contributed by atoms with Crippen LogP contribution in [0.2, 0.25) is 0 Å². The Kier molecular flexibility index (Phi) is 6.08. The molecule has 0 saturated carbocycles. The largest absolute Gasteiger partial charge is 0.314 e. The van der Waals surface area contributed by atoms with Crippen molar-refractivity contribution in [2.75, 3.05) is 19.0 Å². The van der Waals surface area contributed by atoms with Gasteiger partial charge in [-0.15, -0.1) is 23.2 Å². The first-order valence-corrected chi connectivity index (χ1v) is 4.06. The highest BCUT2D eigenvalue weighted by atomic mass is 35.5. The highest BCUT2D eigenvalue weighted by Crippen LogP contribution is 1.93. The maximum Gasteiger partial charge on any atom is 0.148 e. The predicted molar refractivity (Wildman–Crippen MR) is 43.9 cm³/mol. The molecule has 0 aliphatic carbocycles. The molecule has 0 amide bonds. The third-order valence-electron chi connectivity index (χ3n) is 1.04. The maximum absolute atomic E-state index is 10.5. The highest BCUT2D eigenvalue weighted by Gasteiger charge is 2.07. The number of ketones is 1. The van der Waals surface area contributed by atoms with Crippen molar-refractivity contribution in [2.45, 2.75) is 12.3 Å². The summed E-state index contributed by atoms with van der Waals surface area (Å²) < 4.78 is 0. The standard InChI is InChI=1S/C6H11Cl2NO/c1-5(10)6(8)4-9-3-2-7/h6,9H,2-4H2,1H3. The second-order valence-electron chi connectivity index (χ2n) is 1.97. The van der Waals surface area contributed by atoms with Gasteiger partial charge in [0.05, 0.1) is 0 Å². The number of hydrogen-bond donors (Lipinski definition) is 1. The minimum absolute atomic E-state index is 0.0104. The average molecular weight is 184 g/mol. The monoisotopic (exact) mass is 183 g/mol.